The molecule has 8 heteroatoms. The molecule has 1 heterocycles. The Morgan fingerprint density at radius 1 is 1.18 bits per heavy atom. The van der Waals surface area contributed by atoms with Gasteiger partial charge in [-0.15, -0.1) is 0 Å². The van der Waals surface area contributed by atoms with Gasteiger partial charge in [0.2, 0.25) is 0 Å². The molecule has 1 N–H and O–H groups in total. The van der Waals surface area contributed by atoms with Gasteiger partial charge in [0.15, 0.2) is 11.5 Å². The van der Waals surface area contributed by atoms with Gasteiger partial charge in [-0.05, 0) is 42.0 Å². The summed E-state index contributed by atoms with van der Waals surface area (Å²) in [4.78, 5) is 36.4. The summed E-state index contributed by atoms with van der Waals surface area (Å²) in [5, 5.41) is 1.58. The van der Waals surface area contributed by atoms with Crippen molar-refractivity contribution in [1.29, 1.82) is 0 Å². The first-order valence-electron chi connectivity index (χ1n) is 8.44. The minimum Gasteiger partial charge on any atom is -0.493 e. The Hall–Kier alpha value is -3.32. The lowest BCUT2D eigenvalue weighted by Gasteiger charge is -2.14. The van der Waals surface area contributed by atoms with Crippen LogP contribution in [0.3, 0.4) is 0 Å². The summed E-state index contributed by atoms with van der Waals surface area (Å²) in [6, 6.07) is 11.3. The molecule has 7 nitrogen and oxygen atoms in total. The number of hydrogen-bond donors (Lipinski definition) is 1. The van der Waals surface area contributed by atoms with Crippen LogP contribution in [0, 0.1) is 0 Å². The first-order valence-corrected chi connectivity index (χ1v) is 8.82. The number of hydrazine groups is 1. The summed E-state index contributed by atoms with van der Waals surface area (Å²) in [5.74, 6) is -0.863. The second-order valence-corrected chi connectivity index (χ2v) is 6.29. The SMILES string of the molecule is CCC(=O)Oc1ccc(/C=C2/C(=O)NN(c3cccc(Cl)c3)C2=O)cc1OC. The Kier molecular flexibility index (Phi) is 5.65. The number of hydrogen-bond acceptors (Lipinski definition) is 5. The number of rotatable bonds is 5. The van der Waals surface area contributed by atoms with E-state index in [9.17, 15) is 14.4 Å². The maximum Gasteiger partial charge on any atom is 0.311 e. The first-order chi connectivity index (χ1) is 13.4. The molecule has 0 spiro atoms. The summed E-state index contributed by atoms with van der Waals surface area (Å²) in [7, 11) is 1.43. The fourth-order valence-electron chi connectivity index (χ4n) is 2.57. The molecule has 1 aliphatic rings. The van der Waals surface area contributed by atoms with Gasteiger partial charge in [-0.2, -0.15) is 0 Å². The molecule has 0 radical (unpaired) electrons. The van der Waals surface area contributed by atoms with Gasteiger partial charge in [0, 0.05) is 11.4 Å². The topological polar surface area (TPSA) is 84.9 Å². The number of halogens is 1. The Bertz CT molecular complexity index is 986. The second-order valence-electron chi connectivity index (χ2n) is 5.86. The Labute approximate surface area is 166 Å². The van der Waals surface area contributed by atoms with Crippen LogP contribution in [0.5, 0.6) is 11.5 Å². The van der Waals surface area contributed by atoms with E-state index in [1.807, 2.05) is 0 Å². The van der Waals surface area contributed by atoms with Crippen LogP contribution in [-0.2, 0) is 14.4 Å². The van der Waals surface area contributed by atoms with Gasteiger partial charge in [0.05, 0.1) is 12.8 Å². The molecule has 3 rings (SSSR count). The highest BCUT2D eigenvalue weighted by Gasteiger charge is 2.34. The summed E-state index contributed by atoms with van der Waals surface area (Å²) >= 11 is 5.95. The number of carbonyl (C=O) groups excluding carboxylic acids is 3. The van der Waals surface area contributed by atoms with Gasteiger partial charge in [0.1, 0.15) is 5.57 Å². The van der Waals surface area contributed by atoms with E-state index >= 15 is 0 Å². The summed E-state index contributed by atoms with van der Waals surface area (Å²) in [6.07, 6.45) is 1.67. The van der Waals surface area contributed by atoms with Crippen LogP contribution < -0.4 is 19.9 Å². The maximum absolute atomic E-state index is 12.7. The zero-order chi connectivity index (χ0) is 20.3. The first kappa shape index (κ1) is 19.4. The average molecular weight is 401 g/mol. The van der Waals surface area contributed by atoms with Crippen LogP contribution >= 0.6 is 11.6 Å². The molecule has 1 saturated heterocycles. The molecular formula is C20H17ClN2O5. The van der Waals surface area contributed by atoms with Crippen molar-refractivity contribution in [2.45, 2.75) is 13.3 Å². The Morgan fingerprint density at radius 3 is 2.64 bits per heavy atom. The lowest BCUT2D eigenvalue weighted by atomic mass is 10.1. The minimum atomic E-state index is -0.537. The van der Waals surface area contributed by atoms with Crippen molar-refractivity contribution in [3.05, 3.63) is 58.6 Å². The van der Waals surface area contributed by atoms with E-state index in [2.05, 4.69) is 5.43 Å². The lowest BCUT2D eigenvalue weighted by Crippen LogP contribution is -2.35. The average Bonchev–Trinajstić information content (AvgIpc) is 2.97. The molecule has 2 amide bonds. The molecule has 0 atom stereocenters. The van der Waals surface area contributed by atoms with Gasteiger partial charge < -0.3 is 9.47 Å². The number of nitrogens with zero attached hydrogens (tertiary/aromatic N) is 1. The Morgan fingerprint density at radius 2 is 1.96 bits per heavy atom. The number of nitrogens with one attached hydrogen (secondary N) is 1. The predicted octanol–water partition coefficient (Wildman–Crippen LogP) is 3.13. The van der Waals surface area contributed by atoms with Gasteiger partial charge >= 0.3 is 5.97 Å². The number of methoxy groups -OCH3 is 1. The zero-order valence-electron chi connectivity index (χ0n) is 15.2. The second kappa shape index (κ2) is 8.14. The summed E-state index contributed by atoms with van der Waals surface area (Å²) in [5.41, 5.74) is 3.46. The molecule has 2 aromatic carbocycles. The largest absolute Gasteiger partial charge is 0.493 e. The Balaban J connectivity index is 1.89. The monoisotopic (exact) mass is 400 g/mol. The molecule has 144 valence electrons. The van der Waals surface area contributed by atoms with Crippen molar-refractivity contribution in [2.24, 2.45) is 0 Å². The molecular weight excluding hydrogens is 384 g/mol. The fourth-order valence-corrected chi connectivity index (χ4v) is 2.76. The van der Waals surface area contributed by atoms with Crippen molar-refractivity contribution in [2.75, 3.05) is 12.1 Å². The van der Waals surface area contributed by atoms with Gasteiger partial charge in [-0.25, -0.2) is 5.01 Å². The van der Waals surface area contributed by atoms with Gasteiger partial charge in [-0.1, -0.05) is 30.7 Å². The highest BCUT2D eigenvalue weighted by molar-refractivity contribution is 6.33. The normalized spacial score (nSPS) is 15.0. The number of amides is 2. The van der Waals surface area contributed by atoms with Gasteiger partial charge in [0.25, 0.3) is 11.8 Å². The van der Waals surface area contributed by atoms with Crippen LogP contribution in [0.4, 0.5) is 5.69 Å². The molecule has 0 unspecified atom stereocenters. The van der Waals surface area contributed by atoms with Gasteiger partial charge in [-0.3, -0.25) is 19.8 Å². The molecule has 28 heavy (non-hydrogen) atoms. The molecule has 1 aliphatic heterocycles. The van der Waals surface area contributed by atoms with Crippen molar-refractivity contribution in [1.82, 2.24) is 5.43 Å². The van der Waals surface area contributed by atoms with E-state index in [0.717, 1.165) is 5.01 Å². The number of esters is 1. The van der Waals surface area contributed by atoms with Crippen molar-refractivity contribution in [3.8, 4) is 11.5 Å². The molecule has 0 saturated carbocycles. The van der Waals surface area contributed by atoms with Crippen LogP contribution in [0.2, 0.25) is 5.02 Å². The minimum absolute atomic E-state index is 0.0414. The third-order valence-electron chi connectivity index (χ3n) is 3.97. The molecule has 1 fully saturated rings. The smallest absolute Gasteiger partial charge is 0.311 e. The number of anilines is 1. The highest BCUT2D eigenvalue weighted by Crippen LogP contribution is 2.30. The molecule has 0 aromatic heterocycles. The highest BCUT2D eigenvalue weighted by atomic mass is 35.5. The van der Waals surface area contributed by atoms with Crippen LogP contribution in [-0.4, -0.2) is 24.9 Å². The summed E-state index contributed by atoms with van der Waals surface area (Å²) in [6.45, 7) is 1.68. The van der Waals surface area contributed by atoms with Crippen molar-refractivity contribution >= 4 is 41.1 Å². The van der Waals surface area contributed by atoms with Crippen molar-refractivity contribution < 1.29 is 23.9 Å². The van der Waals surface area contributed by atoms with Crippen LogP contribution in [0.25, 0.3) is 6.08 Å². The van der Waals surface area contributed by atoms with E-state index in [0.29, 0.717) is 22.0 Å². The van der Waals surface area contributed by atoms with Crippen LogP contribution in [0.15, 0.2) is 48.0 Å². The van der Waals surface area contributed by atoms with E-state index in [-0.39, 0.29) is 17.7 Å². The molecule has 0 bridgehead atoms. The fraction of sp³-hybridized carbons (Fsp3) is 0.150. The van der Waals surface area contributed by atoms with E-state index in [1.54, 1.807) is 49.4 Å². The molecule has 2 aromatic rings. The quantitative estimate of drug-likeness (QED) is 0.361. The maximum atomic E-state index is 12.7. The summed E-state index contributed by atoms with van der Waals surface area (Å²) < 4.78 is 10.4. The lowest BCUT2D eigenvalue weighted by molar-refractivity contribution is -0.134. The molecule has 0 aliphatic carbocycles. The van der Waals surface area contributed by atoms with E-state index in [4.69, 9.17) is 21.1 Å². The number of carbonyl (C=O) groups is 3. The van der Waals surface area contributed by atoms with E-state index < -0.39 is 17.8 Å². The van der Waals surface area contributed by atoms with E-state index in [1.165, 1.54) is 13.2 Å². The van der Waals surface area contributed by atoms with Crippen molar-refractivity contribution in [3.63, 3.8) is 0 Å². The zero-order valence-corrected chi connectivity index (χ0v) is 15.9. The van der Waals surface area contributed by atoms with Crippen LogP contribution in [0.1, 0.15) is 18.9 Å². The predicted molar refractivity (Wildman–Crippen MR) is 104 cm³/mol. The third-order valence-corrected chi connectivity index (χ3v) is 4.20. The third kappa shape index (κ3) is 3.99. The number of ether oxygens (including phenoxy) is 2. The standard InChI is InChI=1S/C20H17ClN2O5/c1-3-18(24)28-16-8-7-12(10-17(16)27-2)9-15-19(25)22-23(20(15)26)14-6-4-5-13(21)11-14/h4-11H,3H2,1-2H3,(H,22,25)/b15-9-. The number of benzene rings is 2.